The van der Waals surface area contributed by atoms with Gasteiger partial charge in [-0.15, -0.1) is 0 Å². The van der Waals surface area contributed by atoms with E-state index in [-0.39, 0.29) is 12.1 Å². The Kier molecular flexibility index (Phi) is 4.30. The van der Waals surface area contributed by atoms with Crippen molar-refractivity contribution in [3.8, 4) is 0 Å². The van der Waals surface area contributed by atoms with Gasteiger partial charge in [0.15, 0.2) is 11.6 Å². The van der Waals surface area contributed by atoms with Gasteiger partial charge in [0.25, 0.3) is 0 Å². The first-order valence-electron chi connectivity index (χ1n) is 6.58. The minimum absolute atomic E-state index is 0.00448. The minimum atomic E-state index is -0.801. The summed E-state index contributed by atoms with van der Waals surface area (Å²) in [7, 11) is 0. The van der Waals surface area contributed by atoms with E-state index in [1.54, 1.807) is 6.07 Å². The van der Waals surface area contributed by atoms with Crippen LogP contribution in [0.5, 0.6) is 0 Å². The average molecular weight is 254 g/mol. The van der Waals surface area contributed by atoms with Crippen LogP contribution < -0.4 is 5.73 Å². The predicted molar refractivity (Wildman–Crippen MR) is 68.2 cm³/mol. The quantitative estimate of drug-likeness (QED) is 0.898. The molecule has 0 aromatic heterocycles. The summed E-state index contributed by atoms with van der Waals surface area (Å²) in [6.07, 6.45) is 3.04. The van der Waals surface area contributed by atoms with Crippen LogP contribution in [0.25, 0.3) is 0 Å². The van der Waals surface area contributed by atoms with Crippen molar-refractivity contribution in [3.05, 3.63) is 35.4 Å². The monoisotopic (exact) mass is 254 g/mol. The molecule has 0 aliphatic carbocycles. The van der Waals surface area contributed by atoms with E-state index in [2.05, 4.69) is 11.8 Å². The summed E-state index contributed by atoms with van der Waals surface area (Å²) in [5, 5.41) is 0. The molecule has 1 aromatic rings. The lowest BCUT2D eigenvalue weighted by atomic mass is 9.90. The molecule has 2 unspecified atom stereocenters. The van der Waals surface area contributed by atoms with Crippen LogP contribution >= 0.6 is 0 Å². The second-order valence-corrected chi connectivity index (χ2v) is 4.96. The van der Waals surface area contributed by atoms with Gasteiger partial charge < -0.3 is 5.73 Å². The highest BCUT2D eigenvalue weighted by Crippen LogP contribution is 2.30. The van der Waals surface area contributed by atoms with E-state index in [4.69, 9.17) is 5.73 Å². The number of halogens is 2. The van der Waals surface area contributed by atoms with Gasteiger partial charge in [-0.2, -0.15) is 0 Å². The molecule has 1 fully saturated rings. The zero-order chi connectivity index (χ0) is 13.1. The van der Waals surface area contributed by atoms with Crippen LogP contribution in [0.3, 0.4) is 0 Å². The first-order chi connectivity index (χ1) is 8.63. The molecule has 0 spiro atoms. The van der Waals surface area contributed by atoms with Crippen LogP contribution in [0.4, 0.5) is 8.78 Å². The second kappa shape index (κ2) is 5.76. The standard InChI is InChI=1S/C14H20F2N2/c1-2-7-18-8-3-4-13(17)14(18)10-5-6-11(15)12(16)9-10/h5-6,9,13-14H,2-4,7-8,17H2,1H3. The summed E-state index contributed by atoms with van der Waals surface area (Å²) in [4.78, 5) is 2.28. The lowest BCUT2D eigenvalue weighted by Crippen LogP contribution is -2.46. The molecule has 1 saturated heterocycles. The van der Waals surface area contributed by atoms with Gasteiger partial charge >= 0.3 is 0 Å². The number of likely N-dealkylation sites (tertiary alicyclic amines) is 1. The van der Waals surface area contributed by atoms with Crippen LogP contribution in [0.15, 0.2) is 18.2 Å². The minimum Gasteiger partial charge on any atom is -0.326 e. The zero-order valence-electron chi connectivity index (χ0n) is 10.7. The highest BCUT2D eigenvalue weighted by Gasteiger charge is 2.30. The number of nitrogens with two attached hydrogens (primary N) is 1. The summed E-state index contributed by atoms with van der Waals surface area (Å²) in [6.45, 7) is 4.03. The van der Waals surface area contributed by atoms with Crippen molar-refractivity contribution in [2.45, 2.75) is 38.3 Å². The lowest BCUT2D eigenvalue weighted by molar-refractivity contribution is 0.128. The van der Waals surface area contributed by atoms with Crippen molar-refractivity contribution in [1.82, 2.24) is 4.90 Å². The van der Waals surface area contributed by atoms with Gasteiger partial charge in [0.2, 0.25) is 0 Å². The first-order valence-corrected chi connectivity index (χ1v) is 6.58. The molecule has 4 heteroatoms. The fourth-order valence-corrected chi connectivity index (χ4v) is 2.79. The second-order valence-electron chi connectivity index (χ2n) is 4.96. The Morgan fingerprint density at radius 3 is 2.78 bits per heavy atom. The first kappa shape index (κ1) is 13.4. The van der Waals surface area contributed by atoms with Gasteiger partial charge in [-0.25, -0.2) is 8.78 Å². The Balaban J connectivity index is 2.28. The van der Waals surface area contributed by atoms with E-state index in [1.165, 1.54) is 12.1 Å². The van der Waals surface area contributed by atoms with Crippen LogP contribution in [0.2, 0.25) is 0 Å². The molecule has 1 heterocycles. The van der Waals surface area contributed by atoms with E-state index in [0.29, 0.717) is 0 Å². The molecule has 100 valence electrons. The third-order valence-electron chi connectivity index (χ3n) is 3.58. The molecule has 2 N–H and O–H groups in total. The molecule has 2 atom stereocenters. The third kappa shape index (κ3) is 2.70. The topological polar surface area (TPSA) is 29.3 Å². The molecule has 1 aliphatic heterocycles. The van der Waals surface area contributed by atoms with E-state index in [9.17, 15) is 8.78 Å². The summed E-state index contributed by atoms with van der Waals surface area (Å²) in [6, 6.07) is 4.13. The highest BCUT2D eigenvalue weighted by molar-refractivity contribution is 5.23. The van der Waals surface area contributed by atoms with E-state index in [0.717, 1.165) is 37.9 Å². The van der Waals surface area contributed by atoms with Gasteiger partial charge in [0.05, 0.1) is 0 Å². The number of rotatable bonds is 3. The molecule has 1 aromatic carbocycles. The average Bonchev–Trinajstić information content (AvgIpc) is 2.34. The predicted octanol–water partition coefficient (Wildman–Crippen LogP) is 2.84. The van der Waals surface area contributed by atoms with Crippen molar-refractivity contribution < 1.29 is 8.78 Å². The molecule has 1 aliphatic rings. The normalized spacial score (nSPS) is 25.3. The Bertz CT molecular complexity index is 407. The number of benzene rings is 1. The van der Waals surface area contributed by atoms with Crippen molar-refractivity contribution in [1.29, 1.82) is 0 Å². The summed E-state index contributed by atoms with van der Waals surface area (Å²) < 4.78 is 26.3. The largest absolute Gasteiger partial charge is 0.326 e. The van der Waals surface area contributed by atoms with Crippen molar-refractivity contribution in [3.63, 3.8) is 0 Å². The molecule has 0 saturated carbocycles. The van der Waals surface area contributed by atoms with Crippen molar-refractivity contribution in [2.24, 2.45) is 5.73 Å². The maximum Gasteiger partial charge on any atom is 0.159 e. The van der Waals surface area contributed by atoms with Crippen LogP contribution in [0, 0.1) is 11.6 Å². The fraction of sp³-hybridized carbons (Fsp3) is 0.571. The maximum absolute atomic E-state index is 13.3. The smallest absolute Gasteiger partial charge is 0.159 e. The SMILES string of the molecule is CCCN1CCCC(N)C1c1ccc(F)c(F)c1. The lowest BCUT2D eigenvalue weighted by Gasteiger charge is -2.40. The van der Waals surface area contributed by atoms with Crippen molar-refractivity contribution in [2.75, 3.05) is 13.1 Å². The van der Waals surface area contributed by atoms with Crippen molar-refractivity contribution >= 4 is 0 Å². The summed E-state index contributed by atoms with van der Waals surface area (Å²) in [5.74, 6) is -1.59. The molecule has 18 heavy (non-hydrogen) atoms. The number of hydrogen-bond acceptors (Lipinski definition) is 2. The third-order valence-corrected chi connectivity index (χ3v) is 3.58. The van der Waals surface area contributed by atoms with Gasteiger partial charge in [-0.05, 0) is 50.0 Å². The van der Waals surface area contributed by atoms with Gasteiger partial charge in [-0.1, -0.05) is 13.0 Å². The summed E-state index contributed by atoms with van der Waals surface area (Å²) in [5.41, 5.74) is 6.95. The van der Waals surface area contributed by atoms with Crippen LogP contribution in [-0.2, 0) is 0 Å². The molecular formula is C14H20F2N2. The van der Waals surface area contributed by atoms with Gasteiger partial charge in [-0.3, -0.25) is 4.90 Å². The van der Waals surface area contributed by atoms with Crippen LogP contribution in [0.1, 0.15) is 37.8 Å². The molecular weight excluding hydrogens is 234 g/mol. The fourth-order valence-electron chi connectivity index (χ4n) is 2.79. The van der Waals surface area contributed by atoms with E-state index in [1.807, 2.05) is 0 Å². The Morgan fingerprint density at radius 2 is 2.11 bits per heavy atom. The van der Waals surface area contributed by atoms with Gasteiger partial charge in [0.1, 0.15) is 0 Å². The Morgan fingerprint density at radius 1 is 1.33 bits per heavy atom. The Labute approximate surface area is 107 Å². The Hall–Kier alpha value is -1.00. The molecule has 2 rings (SSSR count). The van der Waals surface area contributed by atoms with E-state index >= 15 is 0 Å². The highest BCUT2D eigenvalue weighted by atomic mass is 19.2. The number of nitrogens with zero attached hydrogens (tertiary/aromatic N) is 1. The molecule has 2 nitrogen and oxygen atoms in total. The molecule has 0 radical (unpaired) electrons. The van der Waals surface area contributed by atoms with E-state index < -0.39 is 11.6 Å². The zero-order valence-corrected chi connectivity index (χ0v) is 10.7. The van der Waals surface area contributed by atoms with Crippen LogP contribution in [-0.4, -0.2) is 24.0 Å². The summed E-state index contributed by atoms with van der Waals surface area (Å²) >= 11 is 0. The molecule has 0 amide bonds. The number of hydrogen-bond donors (Lipinski definition) is 1. The molecule has 0 bridgehead atoms. The maximum atomic E-state index is 13.3. The number of piperidine rings is 1. The van der Waals surface area contributed by atoms with Gasteiger partial charge in [0, 0.05) is 12.1 Å².